The van der Waals surface area contributed by atoms with E-state index in [1.54, 1.807) is 0 Å². The molecule has 0 aromatic heterocycles. The summed E-state index contributed by atoms with van der Waals surface area (Å²) >= 11 is 0. The molecule has 1 aromatic rings. The summed E-state index contributed by atoms with van der Waals surface area (Å²) < 4.78 is 26.7. The van der Waals surface area contributed by atoms with Crippen LogP contribution in [0.5, 0.6) is 11.5 Å². The van der Waals surface area contributed by atoms with Crippen LogP contribution in [0.4, 0.5) is 0 Å². The van der Waals surface area contributed by atoms with Gasteiger partial charge >= 0.3 is 0 Å². The van der Waals surface area contributed by atoms with Crippen LogP contribution in [0.15, 0.2) is 18.2 Å². The van der Waals surface area contributed by atoms with Crippen LogP contribution in [0.2, 0.25) is 0 Å². The summed E-state index contributed by atoms with van der Waals surface area (Å²) in [5, 5.41) is 9.49. The van der Waals surface area contributed by atoms with Gasteiger partial charge in [-0.1, -0.05) is 0 Å². The summed E-state index contributed by atoms with van der Waals surface area (Å²) in [4.78, 5) is 11.5. The first-order valence-electron chi connectivity index (χ1n) is 4.41. The standard InChI is InChI=1S/C10H12O5S/c1-15-7-3-4-8(9(11)5-7)10(12)6-16(2,13)14/h3-5,11H,6H2,1-2H3. The Hall–Kier alpha value is -1.56. The van der Waals surface area contributed by atoms with Gasteiger partial charge in [-0.2, -0.15) is 0 Å². The Balaban J connectivity index is 3.01. The second-order valence-electron chi connectivity index (χ2n) is 3.38. The lowest BCUT2D eigenvalue weighted by Crippen LogP contribution is -2.14. The van der Waals surface area contributed by atoms with Gasteiger partial charge in [0.2, 0.25) is 0 Å². The monoisotopic (exact) mass is 244 g/mol. The van der Waals surface area contributed by atoms with Crippen molar-refractivity contribution in [3.8, 4) is 11.5 Å². The molecule has 0 bridgehead atoms. The minimum Gasteiger partial charge on any atom is -0.507 e. The van der Waals surface area contributed by atoms with E-state index in [9.17, 15) is 18.3 Å². The number of phenolic OH excluding ortho intramolecular Hbond substituents is 1. The summed E-state index contributed by atoms with van der Waals surface area (Å²) in [6.45, 7) is 0. The van der Waals surface area contributed by atoms with Crippen molar-refractivity contribution in [2.75, 3.05) is 19.1 Å². The second-order valence-corrected chi connectivity index (χ2v) is 5.52. The zero-order valence-corrected chi connectivity index (χ0v) is 9.74. The molecular formula is C10H12O5S. The minimum atomic E-state index is -3.40. The Bertz CT molecular complexity index is 504. The van der Waals surface area contributed by atoms with Gasteiger partial charge in [0.05, 0.1) is 12.7 Å². The van der Waals surface area contributed by atoms with E-state index >= 15 is 0 Å². The first-order chi connectivity index (χ1) is 7.33. The largest absolute Gasteiger partial charge is 0.507 e. The van der Waals surface area contributed by atoms with E-state index in [4.69, 9.17) is 4.74 Å². The number of aromatic hydroxyl groups is 1. The Morgan fingerprint density at radius 2 is 2.06 bits per heavy atom. The minimum absolute atomic E-state index is 0.0220. The third kappa shape index (κ3) is 3.23. The lowest BCUT2D eigenvalue weighted by atomic mass is 10.1. The maximum absolute atomic E-state index is 11.5. The number of sulfone groups is 1. The Morgan fingerprint density at radius 3 is 2.50 bits per heavy atom. The first-order valence-corrected chi connectivity index (χ1v) is 6.47. The van der Waals surface area contributed by atoms with Gasteiger partial charge in [-0.15, -0.1) is 0 Å². The number of phenols is 1. The summed E-state index contributed by atoms with van der Waals surface area (Å²) in [7, 11) is -1.97. The molecule has 1 N–H and O–H groups in total. The molecule has 0 amide bonds. The van der Waals surface area contributed by atoms with E-state index in [2.05, 4.69) is 0 Å². The molecule has 0 radical (unpaired) electrons. The normalized spacial score (nSPS) is 11.1. The van der Waals surface area contributed by atoms with Crippen molar-refractivity contribution in [2.24, 2.45) is 0 Å². The zero-order chi connectivity index (χ0) is 12.3. The topological polar surface area (TPSA) is 80.7 Å². The number of carbonyl (C=O) groups excluding carboxylic acids is 1. The molecule has 0 saturated heterocycles. The van der Waals surface area contributed by atoms with Crippen LogP contribution in [-0.2, 0) is 9.84 Å². The number of ketones is 1. The number of rotatable bonds is 4. The number of ether oxygens (including phenoxy) is 1. The van der Waals surface area contributed by atoms with E-state index in [0.29, 0.717) is 5.75 Å². The van der Waals surface area contributed by atoms with Gasteiger partial charge in [0, 0.05) is 12.3 Å². The number of methoxy groups -OCH3 is 1. The maximum atomic E-state index is 11.5. The number of carbonyl (C=O) groups is 1. The maximum Gasteiger partial charge on any atom is 0.181 e. The predicted octanol–water partition coefficient (Wildman–Crippen LogP) is 0.628. The Morgan fingerprint density at radius 1 is 1.44 bits per heavy atom. The van der Waals surface area contributed by atoms with E-state index in [1.807, 2.05) is 0 Å². The van der Waals surface area contributed by atoms with Crippen LogP contribution in [0.25, 0.3) is 0 Å². The highest BCUT2D eigenvalue weighted by molar-refractivity contribution is 7.91. The summed E-state index contributed by atoms with van der Waals surface area (Å²) in [6.07, 6.45) is 0.964. The van der Waals surface area contributed by atoms with Gasteiger partial charge < -0.3 is 9.84 Å². The lowest BCUT2D eigenvalue weighted by molar-refractivity contribution is 0.101. The van der Waals surface area contributed by atoms with Crippen molar-refractivity contribution in [2.45, 2.75) is 0 Å². The number of hydrogen-bond acceptors (Lipinski definition) is 5. The van der Waals surface area contributed by atoms with Crippen molar-refractivity contribution in [3.05, 3.63) is 23.8 Å². The summed E-state index contributed by atoms with van der Waals surface area (Å²) in [6, 6.07) is 4.08. The van der Waals surface area contributed by atoms with Crippen LogP contribution in [0.3, 0.4) is 0 Å². The first kappa shape index (κ1) is 12.5. The van der Waals surface area contributed by atoms with Crippen molar-refractivity contribution in [1.82, 2.24) is 0 Å². The average Bonchev–Trinajstić information content (AvgIpc) is 2.14. The van der Waals surface area contributed by atoms with E-state index in [1.165, 1.54) is 25.3 Å². The molecule has 0 saturated carbocycles. The molecule has 0 unspecified atom stereocenters. The number of hydrogen-bond donors (Lipinski definition) is 1. The quantitative estimate of drug-likeness (QED) is 0.785. The molecule has 0 atom stereocenters. The van der Waals surface area contributed by atoms with Gasteiger partial charge in [0.1, 0.15) is 17.3 Å². The molecular weight excluding hydrogens is 232 g/mol. The highest BCUT2D eigenvalue weighted by atomic mass is 32.2. The van der Waals surface area contributed by atoms with Crippen molar-refractivity contribution in [3.63, 3.8) is 0 Å². The number of Topliss-reactive ketones (excluding diaryl/α,β-unsaturated/α-hetero) is 1. The van der Waals surface area contributed by atoms with Crippen LogP contribution < -0.4 is 4.74 Å². The second kappa shape index (κ2) is 4.52. The summed E-state index contributed by atoms with van der Waals surface area (Å²) in [5.41, 5.74) is -0.0220. The predicted molar refractivity (Wildman–Crippen MR) is 58.7 cm³/mol. The molecule has 16 heavy (non-hydrogen) atoms. The zero-order valence-electron chi connectivity index (χ0n) is 8.93. The molecule has 0 aliphatic heterocycles. The molecule has 0 heterocycles. The van der Waals surface area contributed by atoms with Gasteiger partial charge in [-0.25, -0.2) is 8.42 Å². The lowest BCUT2D eigenvalue weighted by Gasteiger charge is -2.05. The smallest absolute Gasteiger partial charge is 0.181 e. The van der Waals surface area contributed by atoms with Crippen molar-refractivity contribution >= 4 is 15.6 Å². The van der Waals surface area contributed by atoms with Gasteiger partial charge in [0.25, 0.3) is 0 Å². The third-order valence-electron chi connectivity index (χ3n) is 1.90. The molecule has 1 rings (SSSR count). The molecule has 0 aliphatic rings. The van der Waals surface area contributed by atoms with Crippen LogP contribution in [0, 0.1) is 0 Å². The van der Waals surface area contributed by atoms with Gasteiger partial charge in [0.15, 0.2) is 15.6 Å². The van der Waals surface area contributed by atoms with Crippen molar-refractivity contribution < 1.29 is 23.1 Å². The van der Waals surface area contributed by atoms with Crippen LogP contribution in [-0.4, -0.2) is 38.4 Å². The van der Waals surface area contributed by atoms with E-state index < -0.39 is 21.4 Å². The van der Waals surface area contributed by atoms with E-state index in [-0.39, 0.29) is 11.3 Å². The van der Waals surface area contributed by atoms with Crippen LogP contribution in [0.1, 0.15) is 10.4 Å². The molecule has 6 heteroatoms. The fourth-order valence-corrected chi connectivity index (χ4v) is 1.82. The average molecular weight is 244 g/mol. The molecule has 1 aromatic carbocycles. The summed E-state index contributed by atoms with van der Waals surface area (Å²) in [5.74, 6) is -1.14. The molecule has 0 fully saturated rings. The van der Waals surface area contributed by atoms with Crippen LogP contribution >= 0.6 is 0 Å². The fourth-order valence-electron chi connectivity index (χ4n) is 1.19. The molecule has 88 valence electrons. The SMILES string of the molecule is COc1ccc(C(=O)CS(C)(=O)=O)c(O)c1. The van der Waals surface area contributed by atoms with Crippen molar-refractivity contribution in [1.29, 1.82) is 0 Å². The third-order valence-corrected chi connectivity index (χ3v) is 2.69. The van der Waals surface area contributed by atoms with E-state index in [0.717, 1.165) is 6.26 Å². The fraction of sp³-hybridized carbons (Fsp3) is 0.300. The number of benzene rings is 1. The molecule has 0 aliphatic carbocycles. The highest BCUT2D eigenvalue weighted by Crippen LogP contribution is 2.23. The molecule has 5 nitrogen and oxygen atoms in total. The highest BCUT2D eigenvalue weighted by Gasteiger charge is 2.16. The Kier molecular flexibility index (Phi) is 3.54. The van der Waals surface area contributed by atoms with Gasteiger partial charge in [-0.3, -0.25) is 4.79 Å². The molecule has 0 spiro atoms. The van der Waals surface area contributed by atoms with Gasteiger partial charge in [-0.05, 0) is 12.1 Å². The Labute approximate surface area is 93.6 Å².